The van der Waals surface area contributed by atoms with Crippen molar-refractivity contribution in [2.75, 3.05) is 25.1 Å². The summed E-state index contributed by atoms with van der Waals surface area (Å²) in [6.45, 7) is 2.77. The third-order valence-corrected chi connectivity index (χ3v) is 6.91. The second-order valence-electron chi connectivity index (χ2n) is 7.80. The Morgan fingerprint density at radius 2 is 1.78 bits per heavy atom. The van der Waals surface area contributed by atoms with Crippen LogP contribution in [0.4, 0.5) is 11.4 Å². The first kappa shape index (κ1) is 25.3. The van der Waals surface area contributed by atoms with Crippen molar-refractivity contribution in [3.63, 3.8) is 0 Å². The number of ether oxygens (including phenoxy) is 1. The molecule has 0 N–H and O–H groups in total. The topological polar surface area (TPSA) is 91.8 Å². The van der Waals surface area contributed by atoms with Gasteiger partial charge in [0, 0.05) is 25.2 Å². The minimum atomic E-state index is -3.73. The fourth-order valence-electron chi connectivity index (χ4n) is 3.31. The molecule has 32 heavy (non-hydrogen) atoms. The van der Waals surface area contributed by atoms with Crippen LogP contribution in [0.1, 0.15) is 51.0 Å². The molecule has 8 heteroatoms. The summed E-state index contributed by atoms with van der Waals surface area (Å²) in [6, 6.07) is 13.5. The van der Waals surface area contributed by atoms with Gasteiger partial charge in [0.15, 0.2) is 19.7 Å². The lowest BCUT2D eigenvalue weighted by Crippen LogP contribution is -2.24. The lowest BCUT2D eigenvalue weighted by atomic mass is 10.1. The Bertz CT molecular complexity index is 1020. The number of rotatable bonds is 13. The molecular weight excluding hydrogens is 426 g/mol. The highest BCUT2D eigenvalue weighted by Crippen LogP contribution is 2.31. The van der Waals surface area contributed by atoms with Crippen molar-refractivity contribution in [2.24, 2.45) is 0 Å². The van der Waals surface area contributed by atoms with Gasteiger partial charge in [-0.3, -0.25) is 4.79 Å². The first-order valence-corrected chi connectivity index (χ1v) is 12.6. The van der Waals surface area contributed by atoms with Crippen molar-refractivity contribution < 1.29 is 17.9 Å². The van der Waals surface area contributed by atoms with Gasteiger partial charge in [-0.2, -0.15) is 0 Å². The van der Waals surface area contributed by atoms with Crippen LogP contribution in [0.3, 0.4) is 0 Å². The van der Waals surface area contributed by atoms with E-state index in [2.05, 4.69) is 11.9 Å². The van der Waals surface area contributed by atoms with E-state index in [1.54, 1.807) is 42.3 Å². The lowest BCUT2D eigenvalue weighted by Gasteiger charge is -2.19. The minimum absolute atomic E-state index is 0.00687. The van der Waals surface area contributed by atoms with Crippen molar-refractivity contribution in [3.8, 4) is 0 Å². The molecule has 0 aliphatic heterocycles. The summed E-state index contributed by atoms with van der Waals surface area (Å²) in [6.07, 6.45) is 5.78. The van der Waals surface area contributed by atoms with E-state index in [-0.39, 0.29) is 28.9 Å². The van der Waals surface area contributed by atoms with Gasteiger partial charge in [0.1, 0.15) is 6.61 Å². The second kappa shape index (κ2) is 12.8. The van der Waals surface area contributed by atoms with E-state index in [0.29, 0.717) is 24.2 Å². The Morgan fingerprint density at radius 3 is 2.47 bits per heavy atom. The zero-order valence-electron chi connectivity index (χ0n) is 18.9. The van der Waals surface area contributed by atoms with Gasteiger partial charge in [-0.1, -0.05) is 62.9 Å². The first-order chi connectivity index (χ1) is 15.4. The highest BCUT2D eigenvalue weighted by molar-refractivity contribution is 7.90. The van der Waals surface area contributed by atoms with Crippen LogP contribution in [0, 0.1) is 5.39 Å². The van der Waals surface area contributed by atoms with Crippen LogP contribution in [-0.4, -0.2) is 34.6 Å². The number of likely N-dealkylation sites (N-methyl/N-ethyl adjacent to an activating group) is 1. The normalized spacial score (nSPS) is 11.0. The highest BCUT2D eigenvalue weighted by atomic mass is 32.2. The van der Waals surface area contributed by atoms with E-state index >= 15 is 0 Å². The standard InChI is InChI=1S/C24H32N3O4S/c1-3-4-5-6-10-13-24(28)31-17-16-27(2)21-14-15-22(26-25)23(18-21)32(29,30)19-20-11-8-7-9-12-20/h7-9,11-12,14-15,18H,3-6,10,13,16-17,19H2,1-2H3/q+1. The van der Waals surface area contributed by atoms with Crippen LogP contribution < -0.4 is 4.90 Å². The molecular formula is C24H32N3O4S+. The number of esters is 1. The number of hydrogen-bond acceptors (Lipinski definition) is 6. The average molecular weight is 459 g/mol. The molecule has 172 valence electrons. The molecule has 0 aromatic heterocycles. The monoisotopic (exact) mass is 458 g/mol. The van der Waals surface area contributed by atoms with Crippen molar-refractivity contribution in [2.45, 2.75) is 56.1 Å². The Kier molecular flexibility index (Phi) is 10.2. The Morgan fingerprint density at radius 1 is 1.06 bits per heavy atom. The van der Waals surface area contributed by atoms with E-state index in [9.17, 15) is 18.6 Å². The molecule has 0 bridgehead atoms. The van der Waals surface area contributed by atoms with E-state index < -0.39 is 9.84 Å². The zero-order chi connectivity index (χ0) is 23.4. The molecule has 0 aliphatic rings. The summed E-state index contributed by atoms with van der Waals surface area (Å²) in [5.74, 6) is -0.408. The van der Waals surface area contributed by atoms with Gasteiger partial charge in [0.25, 0.3) is 0 Å². The molecule has 2 aromatic carbocycles. The number of hydrogen-bond donors (Lipinski definition) is 0. The molecule has 0 saturated carbocycles. The zero-order valence-corrected chi connectivity index (χ0v) is 19.7. The fraction of sp³-hybridized carbons (Fsp3) is 0.458. The number of diazo groups is 1. The molecule has 0 amide bonds. The predicted octanol–water partition coefficient (Wildman–Crippen LogP) is 5.48. The fourth-order valence-corrected chi connectivity index (χ4v) is 4.83. The van der Waals surface area contributed by atoms with Gasteiger partial charge in [0.2, 0.25) is 5.39 Å². The Labute approximate surface area is 190 Å². The summed E-state index contributed by atoms with van der Waals surface area (Å²) in [4.78, 5) is 16.8. The molecule has 0 heterocycles. The summed E-state index contributed by atoms with van der Waals surface area (Å²) >= 11 is 0. The van der Waals surface area contributed by atoms with Crippen LogP contribution >= 0.6 is 0 Å². The third kappa shape index (κ3) is 7.97. The number of benzene rings is 2. The summed E-state index contributed by atoms with van der Waals surface area (Å²) in [7, 11) is -1.94. The van der Waals surface area contributed by atoms with Crippen LogP contribution in [0.25, 0.3) is 4.98 Å². The van der Waals surface area contributed by atoms with Crippen LogP contribution in [0.2, 0.25) is 0 Å². The molecule has 0 fully saturated rings. The van der Waals surface area contributed by atoms with Gasteiger partial charge in [-0.25, -0.2) is 8.42 Å². The predicted molar refractivity (Wildman–Crippen MR) is 126 cm³/mol. The number of anilines is 1. The van der Waals surface area contributed by atoms with Gasteiger partial charge in [0.05, 0.1) is 12.3 Å². The maximum atomic E-state index is 13.0. The van der Waals surface area contributed by atoms with Crippen molar-refractivity contribution >= 4 is 27.2 Å². The maximum absolute atomic E-state index is 13.0. The second-order valence-corrected chi connectivity index (χ2v) is 9.76. The summed E-state index contributed by atoms with van der Waals surface area (Å²) in [5, 5.41) is 9.29. The lowest BCUT2D eigenvalue weighted by molar-refractivity contribution is -0.143. The number of unbranched alkanes of at least 4 members (excludes halogenated alkanes) is 4. The van der Waals surface area contributed by atoms with Crippen molar-refractivity contribution in [1.82, 2.24) is 0 Å². The third-order valence-electron chi connectivity index (χ3n) is 5.20. The summed E-state index contributed by atoms with van der Waals surface area (Å²) in [5.41, 5.74) is 1.27. The molecule has 0 spiro atoms. The molecule has 2 rings (SSSR count). The van der Waals surface area contributed by atoms with Crippen molar-refractivity contribution in [1.29, 1.82) is 5.39 Å². The molecule has 0 radical (unpaired) electrons. The van der Waals surface area contributed by atoms with Gasteiger partial charge in [-0.05, 0) is 24.1 Å². The first-order valence-electron chi connectivity index (χ1n) is 11.0. The quantitative estimate of drug-likeness (QED) is 0.224. The number of sulfone groups is 1. The molecule has 0 saturated heterocycles. The highest BCUT2D eigenvalue weighted by Gasteiger charge is 2.27. The van der Waals surface area contributed by atoms with Crippen LogP contribution in [-0.2, 0) is 25.1 Å². The van der Waals surface area contributed by atoms with Crippen LogP contribution in [0.15, 0.2) is 53.4 Å². The van der Waals surface area contributed by atoms with Crippen molar-refractivity contribution in [3.05, 3.63) is 59.1 Å². The summed E-state index contributed by atoms with van der Waals surface area (Å²) < 4.78 is 31.2. The number of nitrogens with zero attached hydrogens (tertiary/aromatic N) is 3. The molecule has 2 aromatic rings. The Hall–Kier alpha value is -2.92. The molecule has 0 atom stereocenters. The number of carbonyl (C=O) groups excluding carboxylic acids is 1. The largest absolute Gasteiger partial charge is 0.464 e. The van der Waals surface area contributed by atoms with Gasteiger partial charge >= 0.3 is 11.7 Å². The van der Waals surface area contributed by atoms with E-state index in [0.717, 1.165) is 19.3 Å². The van der Waals surface area contributed by atoms with E-state index in [1.165, 1.54) is 25.0 Å². The smallest absolute Gasteiger partial charge is 0.403 e. The minimum Gasteiger partial charge on any atom is -0.464 e. The SMILES string of the molecule is CCCCCCCC(=O)OCCN(C)c1ccc([N+]#N)c(S(=O)(=O)Cc2ccccc2)c1. The maximum Gasteiger partial charge on any atom is 0.403 e. The molecule has 0 aliphatic carbocycles. The molecule has 7 nitrogen and oxygen atoms in total. The number of carbonyl (C=O) groups is 1. The molecule has 0 unspecified atom stereocenters. The van der Waals surface area contributed by atoms with Crippen LogP contribution in [0.5, 0.6) is 0 Å². The van der Waals surface area contributed by atoms with Gasteiger partial charge < -0.3 is 9.64 Å². The van der Waals surface area contributed by atoms with Gasteiger partial charge in [-0.15, -0.1) is 0 Å². The average Bonchev–Trinajstić information content (AvgIpc) is 2.78. The van der Waals surface area contributed by atoms with E-state index in [4.69, 9.17) is 4.74 Å². The van der Waals surface area contributed by atoms with E-state index in [1.807, 2.05) is 6.07 Å². The Balaban J connectivity index is 1.97.